The van der Waals surface area contributed by atoms with Crippen molar-refractivity contribution < 1.29 is 14.3 Å². The molecule has 2 rings (SSSR count). The smallest absolute Gasteiger partial charge is 0.262 e. The summed E-state index contributed by atoms with van der Waals surface area (Å²) in [5.74, 6) is -0.281. The molecular weight excluding hydrogens is 336 g/mol. The maximum absolute atomic E-state index is 11.7. The zero-order chi connectivity index (χ0) is 15.2. The fraction of sp³-hybridized carbons (Fsp3) is 0.0667. The van der Waals surface area contributed by atoms with Crippen LogP contribution in [0, 0.1) is 0 Å². The van der Waals surface area contributed by atoms with Crippen molar-refractivity contribution in [2.24, 2.45) is 5.73 Å². The van der Waals surface area contributed by atoms with Crippen LogP contribution in [0.2, 0.25) is 0 Å². The summed E-state index contributed by atoms with van der Waals surface area (Å²) in [7, 11) is 0. The number of carbonyl (C=O) groups is 2. The van der Waals surface area contributed by atoms with Gasteiger partial charge in [0.05, 0.1) is 0 Å². The third kappa shape index (κ3) is 4.61. The number of nitrogens with one attached hydrogen (secondary N) is 1. The molecule has 0 fully saturated rings. The minimum Gasteiger partial charge on any atom is -0.484 e. The average molecular weight is 349 g/mol. The van der Waals surface area contributed by atoms with Crippen molar-refractivity contribution in [2.75, 3.05) is 11.9 Å². The van der Waals surface area contributed by atoms with E-state index in [0.717, 1.165) is 4.47 Å². The van der Waals surface area contributed by atoms with Gasteiger partial charge in [-0.15, -0.1) is 0 Å². The number of halogens is 1. The molecule has 2 amide bonds. The van der Waals surface area contributed by atoms with Gasteiger partial charge >= 0.3 is 0 Å². The lowest BCUT2D eigenvalue weighted by Crippen LogP contribution is -2.20. The van der Waals surface area contributed by atoms with Crippen LogP contribution in [0.25, 0.3) is 0 Å². The maximum Gasteiger partial charge on any atom is 0.262 e. The van der Waals surface area contributed by atoms with Gasteiger partial charge in [-0.3, -0.25) is 9.59 Å². The standard InChI is InChI=1S/C15H13BrN2O3/c16-11-3-5-12(6-4-11)18-14(19)9-21-13-7-1-10(2-8-13)15(17)20/h1-8H,9H2,(H2,17,20)(H,18,19). The molecule has 6 heteroatoms. The molecule has 5 nitrogen and oxygen atoms in total. The number of carbonyl (C=O) groups excluding carboxylic acids is 2. The Hall–Kier alpha value is -2.34. The quantitative estimate of drug-likeness (QED) is 0.871. The highest BCUT2D eigenvalue weighted by molar-refractivity contribution is 9.10. The molecule has 0 radical (unpaired) electrons. The lowest BCUT2D eigenvalue weighted by atomic mass is 10.2. The molecule has 0 heterocycles. The second-order valence-electron chi connectivity index (χ2n) is 4.23. The lowest BCUT2D eigenvalue weighted by Gasteiger charge is -2.08. The van der Waals surface area contributed by atoms with Gasteiger partial charge in [0.1, 0.15) is 5.75 Å². The fourth-order valence-electron chi connectivity index (χ4n) is 1.59. The molecule has 0 bridgehead atoms. The highest BCUT2D eigenvalue weighted by Gasteiger charge is 2.05. The molecule has 2 aromatic rings. The minimum absolute atomic E-state index is 0.119. The number of ether oxygens (including phenoxy) is 1. The van der Waals surface area contributed by atoms with E-state index in [4.69, 9.17) is 10.5 Å². The van der Waals surface area contributed by atoms with E-state index in [1.54, 1.807) is 36.4 Å². The third-order valence-corrected chi connectivity index (χ3v) is 3.17. The summed E-state index contributed by atoms with van der Waals surface area (Å²) in [6, 6.07) is 13.5. The molecule has 0 saturated carbocycles. The van der Waals surface area contributed by atoms with Gasteiger partial charge in [0.15, 0.2) is 6.61 Å². The van der Waals surface area contributed by atoms with E-state index in [2.05, 4.69) is 21.2 Å². The molecule has 0 aliphatic carbocycles. The molecule has 0 atom stereocenters. The Balaban J connectivity index is 1.86. The Morgan fingerprint density at radius 3 is 2.24 bits per heavy atom. The number of rotatable bonds is 5. The molecule has 0 aliphatic heterocycles. The maximum atomic E-state index is 11.7. The van der Waals surface area contributed by atoms with Crippen molar-refractivity contribution in [1.29, 1.82) is 0 Å². The van der Waals surface area contributed by atoms with Crippen molar-refractivity contribution in [2.45, 2.75) is 0 Å². The van der Waals surface area contributed by atoms with E-state index in [1.165, 1.54) is 0 Å². The number of primary amides is 1. The van der Waals surface area contributed by atoms with Crippen LogP contribution in [0.1, 0.15) is 10.4 Å². The second-order valence-corrected chi connectivity index (χ2v) is 5.15. The van der Waals surface area contributed by atoms with Crippen molar-refractivity contribution in [1.82, 2.24) is 0 Å². The van der Waals surface area contributed by atoms with Crippen LogP contribution in [-0.2, 0) is 4.79 Å². The summed E-state index contributed by atoms with van der Waals surface area (Å²) >= 11 is 3.32. The van der Waals surface area contributed by atoms with Crippen LogP contribution < -0.4 is 15.8 Å². The van der Waals surface area contributed by atoms with Gasteiger partial charge in [0, 0.05) is 15.7 Å². The zero-order valence-electron chi connectivity index (χ0n) is 11.0. The number of anilines is 1. The van der Waals surface area contributed by atoms with Gasteiger partial charge in [-0.05, 0) is 48.5 Å². The topological polar surface area (TPSA) is 81.4 Å². The van der Waals surface area contributed by atoms with Crippen molar-refractivity contribution in [3.63, 3.8) is 0 Å². The van der Waals surface area contributed by atoms with E-state index in [1.807, 2.05) is 12.1 Å². The van der Waals surface area contributed by atoms with E-state index in [-0.39, 0.29) is 12.5 Å². The SMILES string of the molecule is NC(=O)c1ccc(OCC(=O)Nc2ccc(Br)cc2)cc1. The van der Waals surface area contributed by atoms with Gasteiger partial charge in [0.25, 0.3) is 5.91 Å². The summed E-state index contributed by atoms with van der Waals surface area (Å²) in [6.07, 6.45) is 0. The van der Waals surface area contributed by atoms with Gasteiger partial charge in [-0.1, -0.05) is 15.9 Å². The molecule has 108 valence electrons. The fourth-order valence-corrected chi connectivity index (χ4v) is 1.86. The summed E-state index contributed by atoms with van der Waals surface area (Å²) in [5.41, 5.74) is 6.22. The number of hydrogen-bond acceptors (Lipinski definition) is 3. The number of amides is 2. The van der Waals surface area contributed by atoms with Crippen molar-refractivity contribution in [3.05, 3.63) is 58.6 Å². The Labute approximate surface area is 130 Å². The second kappa shape index (κ2) is 6.90. The molecule has 0 saturated heterocycles. The Kier molecular flexibility index (Phi) is 4.94. The normalized spacial score (nSPS) is 9.95. The van der Waals surface area contributed by atoms with Crippen LogP contribution in [0.15, 0.2) is 53.0 Å². The molecule has 3 N–H and O–H groups in total. The summed E-state index contributed by atoms with van der Waals surface area (Å²) in [5, 5.41) is 2.71. The predicted molar refractivity (Wildman–Crippen MR) is 83.2 cm³/mol. The van der Waals surface area contributed by atoms with E-state index in [9.17, 15) is 9.59 Å². The Morgan fingerprint density at radius 1 is 1.05 bits per heavy atom. The first-order chi connectivity index (χ1) is 10.0. The number of benzene rings is 2. The molecule has 0 aromatic heterocycles. The number of nitrogens with two attached hydrogens (primary N) is 1. The minimum atomic E-state index is -0.505. The highest BCUT2D eigenvalue weighted by Crippen LogP contribution is 2.15. The van der Waals surface area contributed by atoms with Crippen LogP contribution in [0.3, 0.4) is 0 Å². The van der Waals surface area contributed by atoms with E-state index < -0.39 is 5.91 Å². The first-order valence-electron chi connectivity index (χ1n) is 6.12. The molecule has 0 aliphatic rings. The predicted octanol–water partition coefficient (Wildman–Crippen LogP) is 2.57. The molecule has 0 unspecified atom stereocenters. The first-order valence-corrected chi connectivity index (χ1v) is 6.92. The summed E-state index contributed by atoms with van der Waals surface area (Å²) < 4.78 is 6.26. The first kappa shape index (κ1) is 15.1. The van der Waals surface area contributed by atoms with Gasteiger partial charge in [-0.25, -0.2) is 0 Å². The van der Waals surface area contributed by atoms with E-state index in [0.29, 0.717) is 17.0 Å². The Bertz CT molecular complexity index is 639. The van der Waals surface area contributed by atoms with Crippen LogP contribution in [0.4, 0.5) is 5.69 Å². The van der Waals surface area contributed by atoms with Crippen LogP contribution in [0.5, 0.6) is 5.75 Å². The largest absolute Gasteiger partial charge is 0.484 e. The zero-order valence-corrected chi connectivity index (χ0v) is 12.6. The molecule has 0 spiro atoms. The monoisotopic (exact) mass is 348 g/mol. The number of hydrogen-bond donors (Lipinski definition) is 2. The van der Waals surface area contributed by atoms with Crippen LogP contribution in [-0.4, -0.2) is 18.4 Å². The van der Waals surface area contributed by atoms with Crippen molar-refractivity contribution >= 4 is 33.4 Å². The molecule has 21 heavy (non-hydrogen) atoms. The summed E-state index contributed by atoms with van der Waals surface area (Å²) in [4.78, 5) is 22.6. The highest BCUT2D eigenvalue weighted by atomic mass is 79.9. The lowest BCUT2D eigenvalue weighted by molar-refractivity contribution is -0.118. The summed E-state index contributed by atoms with van der Waals surface area (Å²) in [6.45, 7) is -0.119. The van der Waals surface area contributed by atoms with Crippen molar-refractivity contribution in [3.8, 4) is 5.75 Å². The Morgan fingerprint density at radius 2 is 1.67 bits per heavy atom. The van der Waals surface area contributed by atoms with Gasteiger partial charge in [-0.2, -0.15) is 0 Å². The van der Waals surface area contributed by atoms with Gasteiger partial charge < -0.3 is 15.8 Å². The molecular formula is C15H13BrN2O3. The average Bonchev–Trinajstić information content (AvgIpc) is 2.48. The third-order valence-electron chi connectivity index (χ3n) is 2.64. The molecule has 2 aromatic carbocycles. The van der Waals surface area contributed by atoms with Gasteiger partial charge in [0.2, 0.25) is 5.91 Å². The van der Waals surface area contributed by atoms with E-state index >= 15 is 0 Å². The van der Waals surface area contributed by atoms with Crippen LogP contribution >= 0.6 is 15.9 Å².